The molecule has 0 amide bonds. The van der Waals surface area contributed by atoms with E-state index in [1.165, 1.54) is 6.20 Å². The fourth-order valence-corrected chi connectivity index (χ4v) is 1.01. The number of carbonyl (C=O) groups is 1. The monoisotopic (exact) mass is 195 g/mol. The summed E-state index contributed by atoms with van der Waals surface area (Å²) in [4.78, 5) is 15.3. The lowest BCUT2D eigenvalue weighted by Gasteiger charge is -2.05. The second kappa shape index (κ2) is 5.34. The number of aromatic nitrogens is 1. The first-order valence-corrected chi connectivity index (χ1v) is 4.51. The van der Waals surface area contributed by atoms with E-state index in [2.05, 4.69) is 4.98 Å². The van der Waals surface area contributed by atoms with Gasteiger partial charge in [-0.1, -0.05) is 13.0 Å². The van der Waals surface area contributed by atoms with Gasteiger partial charge in [0.2, 0.25) is 0 Å². The Morgan fingerprint density at radius 1 is 1.64 bits per heavy atom. The van der Waals surface area contributed by atoms with Gasteiger partial charge in [-0.15, -0.1) is 0 Å². The molecule has 1 aromatic heterocycles. The van der Waals surface area contributed by atoms with Crippen molar-refractivity contribution in [1.29, 1.82) is 0 Å². The van der Waals surface area contributed by atoms with Gasteiger partial charge in [-0.3, -0.25) is 0 Å². The molecular formula is C10H13NO3. The summed E-state index contributed by atoms with van der Waals surface area (Å²) in [5.41, 5.74) is 0.692. The van der Waals surface area contributed by atoms with Crippen molar-refractivity contribution in [2.45, 2.75) is 20.0 Å². The van der Waals surface area contributed by atoms with Crippen LogP contribution in [-0.2, 0) is 11.3 Å². The third-order valence-corrected chi connectivity index (χ3v) is 1.69. The van der Waals surface area contributed by atoms with Crippen LogP contribution in [0.5, 0.6) is 0 Å². The fraction of sp³-hybridized carbons (Fsp3) is 0.400. The Labute approximate surface area is 82.5 Å². The Balaban J connectivity index is 2.78. The highest BCUT2D eigenvalue weighted by molar-refractivity contribution is 5.88. The number of nitrogens with zero attached hydrogens (tertiary/aromatic N) is 1. The van der Waals surface area contributed by atoms with Gasteiger partial charge in [0.15, 0.2) is 5.69 Å². The molecule has 14 heavy (non-hydrogen) atoms. The van der Waals surface area contributed by atoms with Crippen LogP contribution in [0.25, 0.3) is 0 Å². The van der Waals surface area contributed by atoms with Gasteiger partial charge in [-0.05, 0) is 12.5 Å². The molecule has 0 aromatic carbocycles. The molecule has 0 atom stereocenters. The van der Waals surface area contributed by atoms with Crippen molar-refractivity contribution in [1.82, 2.24) is 4.98 Å². The fourth-order valence-electron chi connectivity index (χ4n) is 1.01. The highest BCUT2D eigenvalue weighted by atomic mass is 16.5. The standard InChI is InChI=1S/C10H13NO3/c1-2-6-14-10(13)9-8(7-12)4-3-5-11-9/h3-5,12H,2,6-7H2,1H3. The summed E-state index contributed by atoms with van der Waals surface area (Å²) >= 11 is 0. The van der Waals surface area contributed by atoms with Crippen LogP contribution < -0.4 is 0 Å². The maximum Gasteiger partial charge on any atom is 0.357 e. The van der Waals surface area contributed by atoms with E-state index in [9.17, 15) is 4.79 Å². The number of pyridine rings is 1. The number of esters is 1. The summed E-state index contributed by atoms with van der Waals surface area (Å²) in [6.45, 7) is 2.09. The average Bonchev–Trinajstić information content (AvgIpc) is 2.25. The number of hydrogen-bond acceptors (Lipinski definition) is 4. The zero-order valence-corrected chi connectivity index (χ0v) is 8.06. The quantitative estimate of drug-likeness (QED) is 0.732. The number of aliphatic hydroxyl groups excluding tert-OH is 1. The molecule has 0 aliphatic heterocycles. The lowest BCUT2D eigenvalue weighted by Crippen LogP contribution is -2.11. The maximum atomic E-state index is 11.4. The van der Waals surface area contributed by atoms with Crippen LogP contribution in [0, 0.1) is 0 Å². The maximum absolute atomic E-state index is 11.4. The van der Waals surface area contributed by atoms with Gasteiger partial charge in [0.1, 0.15) is 0 Å². The van der Waals surface area contributed by atoms with E-state index in [0.29, 0.717) is 12.2 Å². The van der Waals surface area contributed by atoms with Crippen LogP contribution in [-0.4, -0.2) is 22.7 Å². The van der Waals surface area contributed by atoms with Crippen molar-refractivity contribution < 1.29 is 14.6 Å². The SMILES string of the molecule is CCCOC(=O)c1ncccc1CO. The van der Waals surface area contributed by atoms with E-state index in [-0.39, 0.29) is 12.3 Å². The molecule has 0 bridgehead atoms. The third kappa shape index (κ3) is 2.53. The minimum Gasteiger partial charge on any atom is -0.461 e. The minimum atomic E-state index is -0.475. The Morgan fingerprint density at radius 3 is 3.07 bits per heavy atom. The summed E-state index contributed by atoms with van der Waals surface area (Å²) < 4.78 is 4.91. The number of rotatable bonds is 4. The third-order valence-electron chi connectivity index (χ3n) is 1.69. The molecular weight excluding hydrogens is 182 g/mol. The van der Waals surface area contributed by atoms with Gasteiger partial charge in [0.05, 0.1) is 13.2 Å². The van der Waals surface area contributed by atoms with E-state index >= 15 is 0 Å². The van der Waals surface area contributed by atoms with E-state index in [0.717, 1.165) is 6.42 Å². The van der Waals surface area contributed by atoms with Crippen molar-refractivity contribution in [3.05, 3.63) is 29.6 Å². The topological polar surface area (TPSA) is 59.4 Å². The molecule has 76 valence electrons. The van der Waals surface area contributed by atoms with E-state index in [1.807, 2.05) is 6.92 Å². The van der Waals surface area contributed by atoms with Gasteiger partial charge in [-0.25, -0.2) is 9.78 Å². The van der Waals surface area contributed by atoms with Crippen LogP contribution >= 0.6 is 0 Å². The van der Waals surface area contributed by atoms with Crippen molar-refractivity contribution in [3.8, 4) is 0 Å². The van der Waals surface area contributed by atoms with Crippen LogP contribution in [0.15, 0.2) is 18.3 Å². The molecule has 0 aliphatic rings. The van der Waals surface area contributed by atoms with Crippen LogP contribution in [0.1, 0.15) is 29.4 Å². The summed E-state index contributed by atoms with van der Waals surface area (Å²) in [5.74, 6) is -0.475. The molecule has 4 heteroatoms. The first-order chi connectivity index (χ1) is 6.79. The Kier molecular flexibility index (Phi) is 4.07. The second-order valence-electron chi connectivity index (χ2n) is 2.81. The first-order valence-electron chi connectivity index (χ1n) is 4.51. The van der Waals surface area contributed by atoms with Crippen molar-refractivity contribution >= 4 is 5.97 Å². The van der Waals surface area contributed by atoms with Crippen molar-refractivity contribution in [3.63, 3.8) is 0 Å². The largest absolute Gasteiger partial charge is 0.461 e. The molecule has 0 radical (unpaired) electrons. The molecule has 4 nitrogen and oxygen atoms in total. The molecule has 0 spiro atoms. The van der Waals surface area contributed by atoms with E-state index in [1.54, 1.807) is 12.1 Å². The normalized spacial score (nSPS) is 9.86. The molecule has 1 N–H and O–H groups in total. The first kappa shape index (κ1) is 10.7. The number of hydrogen-bond donors (Lipinski definition) is 1. The Bertz CT molecular complexity index is 312. The van der Waals surface area contributed by atoms with Crippen LogP contribution in [0.2, 0.25) is 0 Å². The molecule has 1 aromatic rings. The molecule has 1 rings (SSSR count). The van der Waals surface area contributed by atoms with Crippen LogP contribution in [0.4, 0.5) is 0 Å². The van der Waals surface area contributed by atoms with Gasteiger partial charge in [0.25, 0.3) is 0 Å². The average molecular weight is 195 g/mol. The van der Waals surface area contributed by atoms with Crippen molar-refractivity contribution in [2.75, 3.05) is 6.61 Å². The number of carbonyl (C=O) groups excluding carboxylic acids is 1. The Morgan fingerprint density at radius 2 is 2.43 bits per heavy atom. The van der Waals surface area contributed by atoms with Crippen LogP contribution in [0.3, 0.4) is 0 Å². The smallest absolute Gasteiger partial charge is 0.357 e. The molecule has 0 fully saturated rings. The lowest BCUT2D eigenvalue weighted by atomic mass is 10.2. The highest BCUT2D eigenvalue weighted by Gasteiger charge is 2.12. The van der Waals surface area contributed by atoms with Gasteiger partial charge in [0, 0.05) is 11.8 Å². The highest BCUT2D eigenvalue weighted by Crippen LogP contribution is 2.06. The molecule has 0 unspecified atom stereocenters. The zero-order chi connectivity index (χ0) is 10.4. The van der Waals surface area contributed by atoms with Gasteiger partial charge >= 0.3 is 5.97 Å². The molecule has 0 aliphatic carbocycles. The summed E-state index contributed by atoms with van der Waals surface area (Å²) in [6.07, 6.45) is 2.27. The predicted molar refractivity (Wildman–Crippen MR) is 50.7 cm³/mol. The number of ether oxygens (including phenoxy) is 1. The summed E-state index contributed by atoms with van der Waals surface area (Å²) in [7, 11) is 0. The Hall–Kier alpha value is -1.42. The van der Waals surface area contributed by atoms with Gasteiger partial charge < -0.3 is 9.84 Å². The van der Waals surface area contributed by atoms with E-state index < -0.39 is 5.97 Å². The number of aliphatic hydroxyl groups is 1. The van der Waals surface area contributed by atoms with Gasteiger partial charge in [-0.2, -0.15) is 0 Å². The zero-order valence-electron chi connectivity index (χ0n) is 8.06. The summed E-state index contributed by atoms with van der Waals surface area (Å²) in [5, 5.41) is 8.94. The minimum absolute atomic E-state index is 0.198. The molecule has 0 saturated carbocycles. The molecule has 0 saturated heterocycles. The van der Waals surface area contributed by atoms with Crippen molar-refractivity contribution in [2.24, 2.45) is 0 Å². The van der Waals surface area contributed by atoms with E-state index in [4.69, 9.17) is 9.84 Å². The second-order valence-corrected chi connectivity index (χ2v) is 2.81. The molecule has 1 heterocycles. The summed E-state index contributed by atoms with van der Waals surface area (Å²) in [6, 6.07) is 3.32. The lowest BCUT2D eigenvalue weighted by molar-refractivity contribution is 0.0494. The predicted octanol–water partition coefficient (Wildman–Crippen LogP) is 1.14.